The Balaban J connectivity index is 1.72. The van der Waals surface area contributed by atoms with Crippen molar-refractivity contribution in [1.29, 1.82) is 0 Å². The van der Waals surface area contributed by atoms with Gasteiger partial charge < -0.3 is 8.83 Å². The van der Waals surface area contributed by atoms with Crippen LogP contribution in [0.4, 0.5) is 4.39 Å². The molecule has 3 heterocycles. The van der Waals surface area contributed by atoms with Gasteiger partial charge in [-0.05, 0) is 42.0 Å². The molecule has 120 valence electrons. The summed E-state index contributed by atoms with van der Waals surface area (Å²) in [7, 11) is 0. The van der Waals surface area contributed by atoms with E-state index in [0.717, 1.165) is 5.56 Å². The van der Waals surface area contributed by atoms with Crippen molar-refractivity contribution in [2.24, 2.45) is 5.10 Å². The quantitative estimate of drug-likeness (QED) is 0.731. The Labute approximate surface area is 137 Å². The zero-order valence-electron chi connectivity index (χ0n) is 12.6. The molecule has 0 spiro atoms. The third-order valence-corrected chi connectivity index (χ3v) is 3.91. The Morgan fingerprint density at radius 1 is 1.08 bits per heavy atom. The minimum atomic E-state index is -0.351. The zero-order valence-corrected chi connectivity index (χ0v) is 12.6. The van der Waals surface area contributed by atoms with Gasteiger partial charge in [-0.1, -0.05) is 12.1 Å². The lowest BCUT2D eigenvalue weighted by atomic mass is 10.0. The van der Waals surface area contributed by atoms with E-state index in [-0.39, 0.29) is 23.5 Å². The Kier molecular flexibility index (Phi) is 3.49. The van der Waals surface area contributed by atoms with Crippen LogP contribution in [-0.4, -0.2) is 16.6 Å². The van der Waals surface area contributed by atoms with Gasteiger partial charge in [0.1, 0.15) is 17.3 Å². The number of hydrogen-bond donors (Lipinski definition) is 0. The third-order valence-electron chi connectivity index (χ3n) is 3.91. The highest BCUT2D eigenvalue weighted by molar-refractivity contribution is 6.02. The summed E-state index contributed by atoms with van der Waals surface area (Å²) in [5.74, 6) is 0.132. The van der Waals surface area contributed by atoms with Crippen molar-refractivity contribution in [3.63, 3.8) is 0 Å². The molecular formula is C18H13FN2O3. The van der Waals surface area contributed by atoms with Gasteiger partial charge >= 0.3 is 5.91 Å². The minimum absolute atomic E-state index is 0.201. The molecule has 1 aliphatic rings. The molecule has 3 aromatic rings. The largest absolute Gasteiger partial charge is 0.463 e. The average Bonchev–Trinajstić information content (AvgIpc) is 3.34. The van der Waals surface area contributed by atoms with Gasteiger partial charge in [-0.2, -0.15) is 5.10 Å². The lowest BCUT2D eigenvalue weighted by molar-refractivity contribution is 0.0678. The van der Waals surface area contributed by atoms with E-state index in [1.165, 1.54) is 23.4 Å². The van der Waals surface area contributed by atoms with Crippen LogP contribution in [0.15, 0.2) is 75.0 Å². The normalized spacial score (nSPS) is 17.1. The summed E-state index contributed by atoms with van der Waals surface area (Å²) in [6, 6.07) is 12.5. The summed E-state index contributed by atoms with van der Waals surface area (Å²) in [6.07, 6.45) is 3.47. The van der Waals surface area contributed by atoms with Gasteiger partial charge in [-0.3, -0.25) is 4.79 Å². The molecule has 0 unspecified atom stereocenters. The molecule has 24 heavy (non-hydrogen) atoms. The number of hydrogen-bond acceptors (Lipinski definition) is 4. The highest BCUT2D eigenvalue weighted by Gasteiger charge is 2.35. The highest BCUT2D eigenvalue weighted by Crippen LogP contribution is 2.34. The first-order chi connectivity index (χ1) is 11.7. The maximum atomic E-state index is 13.2. The van der Waals surface area contributed by atoms with Gasteiger partial charge in [-0.25, -0.2) is 9.40 Å². The van der Waals surface area contributed by atoms with Crippen molar-refractivity contribution >= 4 is 11.6 Å². The molecular weight excluding hydrogens is 311 g/mol. The zero-order chi connectivity index (χ0) is 16.5. The average molecular weight is 324 g/mol. The van der Waals surface area contributed by atoms with Crippen LogP contribution in [0.25, 0.3) is 0 Å². The number of amides is 1. The number of carbonyl (C=O) groups excluding carboxylic acids is 1. The Bertz CT molecular complexity index is 868. The Hall–Kier alpha value is -3.15. The standard InChI is InChI=1S/C18H13FN2O3/c19-13-7-5-12(6-8-13)15-11-14(16-3-1-9-23-16)20-21(15)18(22)17-4-2-10-24-17/h1-10,15H,11H2/t15-/m1/s1. The van der Waals surface area contributed by atoms with Crippen LogP contribution in [0.2, 0.25) is 0 Å². The topological polar surface area (TPSA) is 59.0 Å². The van der Waals surface area contributed by atoms with Gasteiger partial charge in [0.05, 0.1) is 18.6 Å². The molecule has 0 aliphatic carbocycles. The molecule has 1 aromatic carbocycles. The van der Waals surface area contributed by atoms with E-state index < -0.39 is 0 Å². The first-order valence-electron chi connectivity index (χ1n) is 7.46. The first-order valence-corrected chi connectivity index (χ1v) is 7.46. The molecule has 0 fully saturated rings. The fraction of sp³-hybridized carbons (Fsp3) is 0.111. The molecule has 2 aromatic heterocycles. The van der Waals surface area contributed by atoms with Gasteiger partial charge in [-0.15, -0.1) is 0 Å². The van der Waals surface area contributed by atoms with E-state index in [0.29, 0.717) is 17.9 Å². The molecule has 6 heteroatoms. The van der Waals surface area contributed by atoms with E-state index in [1.54, 1.807) is 42.7 Å². The van der Waals surface area contributed by atoms with Crippen molar-refractivity contribution < 1.29 is 18.0 Å². The van der Waals surface area contributed by atoms with Crippen LogP contribution >= 0.6 is 0 Å². The number of halogens is 1. The lowest BCUT2D eigenvalue weighted by Crippen LogP contribution is -2.26. The first kappa shape index (κ1) is 14.4. The minimum Gasteiger partial charge on any atom is -0.463 e. The maximum absolute atomic E-state index is 13.2. The number of nitrogens with zero attached hydrogens (tertiary/aromatic N) is 2. The SMILES string of the molecule is O=C(c1ccco1)N1N=C(c2ccco2)C[C@@H]1c1ccc(F)cc1. The highest BCUT2D eigenvalue weighted by atomic mass is 19.1. The van der Waals surface area contributed by atoms with Crippen molar-refractivity contribution in [3.8, 4) is 0 Å². The number of furan rings is 2. The Morgan fingerprint density at radius 2 is 1.83 bits per heavy atom. The van der Waals surface area contributed by atoms with E-state index in [9.17, 15) is 9.18 Å². The molecule has 0 saturated heterocycles. The second-order valence-corrected chi connectivity index (χ2v) is 5.42. The number of carbonyl (C=O) groups is 1. The number of benzene rings is 1. The van der Waals surface area contributed by atoms with E-state index in [2.05, 4.69) is 5.10 Å². The molecule has 5 nitrogen and oxygen atoms in total. The van der Waals surface area contributed by atoms with Crippen molar-refractivity contribution in [3.05, 3.63) is 84.0 Å². The Morgan fingerprint density at radius 3 is 2.50 bits per heavy atom. The van der Waals surface area contributed by atoms with Crippen LogP contribution < -0.4 is 0 Å². The van der Waals surface area contributed by atoms with Crippen molar-refractivity contribution in [2.75, 3.05) is 0 Å². The lowest BCUT2D eigenvalue weighted by Gasteiger charge is -2.21. The van der Waals surface area contributed by atoms with Crippen LogP contribution in [0, 0.1) is 5.82 Å². The summed E-state index contributed by atoms with van der Waals surface area (Å²) in [4.78, 5) is 12.7. The van der Waals surface area contributed by atoms with Gasteiger partial charge in [0.2, 0.25) is 0 Å². The van der Waals surface area contributed by atoms with Crippen molar-refractivity contribution in [1.82, 2.24) is 5.01 Å². The van der Waals surface area contributed by atoms with Crippen LogP contribution in [-0.2, 0) is 0 Å². The fourth-order valence-electron chi connectivity index (χ4n) is 2.75. The molecule has 0 N–H and O–H groups in total. The summed E-state index contributed by atoms with van der Waals surface area (Å²) in [6.45, 7) is 0. The van der Waals surface area contributed by atoms with Crippen molar-refractivity contribution in [2.45, 2.75) is 12.5 Å². The van der Waals surface area contributed by atoms with E-state index >= 15 is 0 Å². The third kappa shape index (κ3) is 2.52. The molecule has 0 saturated carbocycles. The van der Waals surface area contributed by atoms with Crippen LogP contribution in [0.3, 0.4) is 0 Å². The molecule has 0 bridgehead atoms. The number of hydrazone groups is 1. The summed E-state index contributed by atoms with van der Waals surface area (Å²) in [5, 5.41) is 5.78. The van der Waals surface area contributed by atoms with Crippen LogP contribution in [0.5, 0.6) is 0 Å². The van der Waals surface area contributed by atoms with Crippen LogP contribution in [0.1, 0.15) is 34.3 Å². The summed E-state index contributed by atoms with van der Waals surface area (Å²) >= 11 is 0. The van der Waals surface area contributed by atoms with Gasteiger partial charge in [0.25, 0.3) is 0 Å². The fourth-order valence-corrected chi connectivity index (χ4v) is 2.75. The molecule has 1 amide bonds. The van der Waals surface area contributed by atoms with E-state index in [4.69, 9.17) is 8.83 Å². The number of rotatable bonds is 3. The smallest absolute Gasteiger partial charge is 0.310 e. The maximum Gasteiger partial charge on any atom is 0.310 e. The van der Waals surface area contributed by atoms with Gasteiger partial charge in [0.15, 0.2) is 5.76 Å². The predicted molar refractivity (Wildman–Crippen MR) is 83.9 cm³/mol. The monoisotopic (exact) mass is 324 g/mol. The molecule has 1 aliphatic heterocycles. The second-order valence-electron chi connectivity index (χ2n) is 5.42. The van der Waals surface area contributed by atoms with E-state index in [1.807, 2.05) is 0 Å². The predicted octanol–water partition coefficient (Wildman–Crippen LogP) is 4.00. The van der Waals surface area contributed by atoms with Gasteiger partial charge in [0, 0.05) is 6.42 Å². The molecule has 4 rings (SSSR count). The molecule has 1 atom stereocenters. The molecule has 0 radical (unpaired) electrons. The summed E-state index contributed by atoms with van der Waals surface area (Å²) < 4.78 is 23.8. The summed E-state index contributed by atoms with van der Waals surface area (Å²) in [5.41, 5.74) is 1.45. The second kappa shape index (κ2) is 5.81.